The Morgan fingerprint density at radius 3 is 2.81 bits per heavy atom. The molecule has 4 rings (SSSR count). The van der Waals surface area contributed by atoms with Crippen molar-refractivity contribution in [2.75, 3.05) is 19.0 Å². The van der Waals surface area contributed by atoms with Gasteiger partial charge in [0.1, 0.15) is 23.2 Å². The zero-order chi connectivity index (χ0) is 22.0. The maximum Gasteiger partial charge on any atom is 0.229 e. The number of carbonyl (C=O) groups is 1. The molecule has 3 aromatic rings. The Morgan fingerprint density at radius 1 is 1.26 bits per heavy atom. The predicted octanol–water partition coefficient (Wildman–Crippen LogP) is 3.61. The van der Waals surface area contributed by atoms with Gasteiger partial charge in [-0.25, -0.2) is 19.3 Å². The van der Waals surface area contributed by atoms with Crippen LogP contribution in [0, 0.1) is 25.6 Å². The van der Waals surface area contributed by atoms with Gasteiger partial charge in [-0.1, -0.05) is 6.07 Å². The maximum absolute atomic E-state index is 14.3. The number of nitrogens with zero attached hydrogens (tertiary/aromatic N) is 3. The second-order valence-corrected chi connectivity index (χ2v) is 7.65. The first-order chi connectivity index (χ1) is 14.9. The molecule has 2 atom stereocenters. The lowest BCUT2D eigenvalue weighted by atomic mass is 9.93. The fraction of sp³-hybridized carbons (Fsp3) is 0.304. The van der Waals surface area contributed by atoms with E-state index >= 15 is 0 Å². The number of hydrogen-bond donors (Lipinski definition) is 1. The summed E-state index contributed by atoms with van der Waals surface area (Å²) < 4.78 is 25.5. The molecule has 1 N–H and O–H groups in total. The number of pyridine rings is 1. The molecule has 2 aromatic heterocycles. The first kappa shape index (κ1) is 20.7. The van der Waals surface area contributed by atoms with E-state index in [1.165, 1.54) is 19.2 Å². The number of aromatic nitrogens is 3. The van der Waals surface area contributed by atoms with Crippen molar-refractivity contribution in [3.05, 3.63) is 71.7 Å². The molecule has 1 amide bonds. The van der Waals surface area contributed by atoms with E-state index in [0.717, 1.165) is 0 Å². The molecule has 0 radical (unpaired) electrons. The van der Waals surface area contributed by atoms with Crippen LogP contribution in [0.1, 0.15) is 23.5 Å². The number of hydrogen-bond acceptors (Lipinski definition) is 6. The lowest BCUT2D eigenvalue weighted by Gasteiger charge is -2.20. The van der Waals surface area contributed by atoms with Crippen molar-refractivity contribution >= 4 is 11.7 Å². The number of nitrogens with one attached hydrogen (secondary N) is 1. The van der Waals surface area contributed by atoms with Crippen molar-refractivity contribution in [1.82, 2.24) is 15.0 Å². The lowest BCUT2D eigenvalue weighted by molar-refractivity contribution is -0.117. The van der Waals surface area contributed by atoms with Gasteiger partial charge in [-0.05, 0) is 50.1 Å². The lowest BCUT2D eigenvalue weighted by Crippen LogP contribution is -2.27. The Morgan fingerprint density at radius 2 is 2.10 bits per heavy atom. The minimum absolute atomic E-state index is 0.174. The van der Waals surface area contributed by atoms with Gasteiger partial charge in [-0.3, -0.25) is 4.79 Å². The van der Waals surface area contributed by atoms with Crippen LogP contribution in [0.25, 0.3) is 0 Å². The summed E-state index contributed by atoms with van der Waals surface area (Å²) in [5.41, 5.74) is 0.650. The molecule has 0 spiro atoms. The molecule has 0 bridgehead atoms. The molecule has 1 aliphatic carbocycles. The Balaban J connectivity index is 1.62. The van der Waals surface area contributed by atoms with Crippen molar-refractivity contribution in [1.29, 1.82) is 0 Å². The van der Waals surface area contributed by atoms with Gasteiger partial charge in [-0.2, -0.15) is 0 Å². The highest BCUT2D eigenvalue weighted by Gasteiger charge is 2.60. The zero-order valence-electron chi connectivity index (χ0n) is 17.6. The van der Waals surface area contributed by atoms with Crippen LogP contribution < -0.4 is 14.8 Å². The summed E-state index contributed by atoms with van der Waals surface area (Å²) in [5, 5.41) is 2.83. The predicted molar refractivity (Wildman–Crippen MR) is 113 cm³/mol. The number of methoxy groups -OCH3 is 1. The molecule has 2 heterocycles. The molecule has 8 heteroatoms. The summed E-state index contributed by atoms with van der Waals surface area (Å²) in [7, 11) is 1.48. The summed E-state index contributed by atoms with van der Waals surface area (Å²) in [6.45, 7) is 3.81. The van der Waals surface area contributed by atoms with E-state index in [1.807, 2.05) is 6.92 Å². The van der Waals surface area contributed by atoms with Gasteiger partial charge >= 0.3 is 0 Å². The molecular formula is C23H23FN4O3. The van der Waals surface area contributed by atoms with E-state index in [9.17, 15) is 9.18 Å². The van der Waals surface area contributed by atoms with E-state index < -0.39 is 17.2 Å². The normalized spacial score (nSPS) is 19.5. The summed E-state index contributed by atoms with van der Waals surface area (Å²) >= 11 is 0. The summed E-state index contributed by atoms with van der Waals surface area (Å²) in [6.07, 6.45) is 3.73. The van der Waals surface area contributed by atoms with Crippen molar-refractivity contribution in [2.45, 2.75) is 25.7 Å². The number of anilines is 1. The van der Waals surface area contributed by atoms with E-state index in [-0.39, 0.29) is 12.5 Å². The quantitative estimate of drug-likeness (QED) is 0.626. The molecule has 0 saturated heterocycles. The van der Waals surface area contributed by atoms with Crippen molar-refractivity contribution in [3.63, 3.8) is 0 Å². The van der Waals surface area contributed by atoms with Crippen LogP contribution in [0.3, 0.4) is 0 Å². The van der Waals surface area contributed by atoms with Crippen LogP contribution in [0.2, 0.25) is 0 Å². The average Bonchev–Trinajstić information content (AvgIpc) is 3.49. The number of carbonyl (C=O) groups excluding carboxylic acids is 1. The molecular weight excluding hydrogens is 399 g/mol. The molecule has 1 fully saturated rings. The van der Waals surface area contributed by atoms with Gasteiger partial charge < -0.3 is 14.8 Å². The Kier molecular flexibility index (Phi) is 5.54. The highest BCUT2D eigenvalue weighted by atomic mass is 19.1. The van der Waals surface area contributed by atoms with Gasteiger partial charge in [0.05, 0.1) is 31.5 Å². The molecule has 160 valence electrons. The van der Waals surface area contributed by atoms with Gasteiger partial charge in [0.25, 0.3) is 0 Å². The third-order valence-corrected chi connectivity index (χ3v) is 5.53. The molecule has 2 unspecified atom stereocenters. The summed E-state index contributed by atoms with van der Waals surface area (Å²) in [4.78, 5) is 25.6. The zero-order valence-corrected chi connectivity index (χ0v) is 17.6. The monoisotopic (exact) mass is 422 g/mol. The second kappa shape index (κ2) is 8.29. The fourth-order valence-electron chi connectivity index (χ4n) is 3.75. The number of benzene rings is 1. The number of halogens is 1. The number of aryl methyl sites for hydroxylation is 2. The van der Waals surface area contributed by atoms with Crippen LogP contribution in [0.4, 0.5) is 10.2 Å². The van der Waals surface area contributed by atoms with Gasteiger partial charge in [0.15, 0.2) is 5.75 Å². The van der Waals surface area contributed by atoms with Crippen LogP contribution in [-0.4, -0.2) is 34.6 Å². The van der Waals surface area contributed by atoms with Gasteiger partial charge in [-0.15, -0.1) is 0 Å². The molecule has 31 heavy (non-hydrogen) atoms. The van der Waals surface area contributed by atoms with Crippen LogP contribution in [0.5, 0.6) is 11.5 Å². The van der Waals surface area contributed by atoms with Gasteiger partial charge in [0.2, 0.25) is 5.91 Å². The first-order valence-electron chi connectivity index (χ1n) is 9.91. The first-order valence-corrected chi connectivity index (χ1v) is 9.91. The minimum Gasteiger partial charge on any atom is -0.497 e. The molecule has 1 saturated carbocycles. The van der Waals surface area contributed by atoms with Crippen LogP contribution in [-0.2, 0) is 10.2 Å². The highest BCUT2D eigenvalue weighted by molar-refractivity contribution is 5.95. The highest BCUT2D eigenvalue weighted by Crippen LogP contribution is 2.55. The van der Waals surface area contributed by atoms with Crippen LogP contribution in [0.15, 0.2) is 48.8 Å². The van der Waals surface area contributed by atoms with Gasteiger partial charge in [0, 0.05) is 17.7 Å². The number of ether oxygens (including phenoxy) is 2. The second-order valence-electron chi connectivity index (χ2n) is 7.65. The van der Waals surface area contributed by atoms with E-state index in [1.54, 1.807) is 43.6 Å². The van der Waals surface area contributed by atoms with Crippen molar-refractivity contribution in [3.8, 4) is 11.5 Å². The Bertz CT molecular complexity index is 1110. The topological polar surface area (TPSA) is 86.2 Å². The molecule has 0 aliphatic heterocycles. The minimum atomic E-state index is -0.703. The summed E-state index contributed by atoms with van der Waals surface area (Å²) in [6, 6.07) is 9.77. The van der Waals surface area contributed by atoms with Crippen molar-refractivity contribution in [2.24, 2.45) is 5.92 Å². The van der Waals surface area contributed by atoms with E-state index in [2.05, 4.69) is 20.3 Å². The fourth-order valence-corrected chi connectivity index (χ4v) is 3.75. The third-order valence-electron chi connectivity index (χ3n) is 5.53. The SMILES string of the molecule is COc1cc(F)cc(C2(COc3cnc(C)nc3C)CC2C(=O)Nc2ccccn2)c1. The smallest absolute Gasteiger partial charge is 0.229 e. The van der Waals surface area contributed by atoms with Crippen molar-refractivity contribution < 1.29 is 18.7 Å². The molecule has 7 nitrogen and oxygen atoms in total. The van der Waals surface area contributed by atoms with E-state index in [4.69, 9.17) is 9.47 Å². The van der Waals surface area contributed by atoms with E-state index in [0.29, 0.717) is 40.8 Å². The number of rotatable bonds is 7. The molecule has 1 aromatic carbocycles. The largest absolute Gasteiger partial charge is 0.497 e. The third kappa shape index (κ3) is 4.33. The average molecular weight is 422 g/mol. The summed E-state index contributed by atoms with van der Waals surface area (Å²) in [5.74, 6) is 1.00. The molecule has 1 aliphatic rings. The van der Waals surface area contributed by atoms with Crippen LogP contribution >= 0.6 is 0 Å². The Labute approximate surface area is 179 Å². The maximum atomic E-state index is 14.3. The standard InChI is InChI=1S/C23H23FN4O3/c1-14-20(12-26-15(2)27-14)31-13-23(16-8-17(24)10-18(9-16)30-3)11-19(23)22(29)28-21-6-4-5-7-25-21/h4-10,12,19H,11,13H2,1-3H3,(H,25,28,29). The number of amides is 1. The Hall–Kier alpha value is -3.55.